The molecular weight excluding hydrogens is 210 g/mol. The minimum absolute atomic E-state index is 0.466. The number of hydrogen-bond donors (Lipinski definition) is 3. The summed E-state index contributed by atoms with van der Waals surface area (Å²) in [5.41, 5.74) is 1.32. The Balaban J connectivity index is 2.36. The summed E-state index contributed by atoms with van der Waals surface area (Å²) in [5.74, 6) is 0. The van der Waals surface area contributed by atoms with Crippen LogP contribution in [0.2, 0.25) is 0 Å². The van der Waals surface area contributed by atoms with Gasteiger partial charge in [-0.05, 0) is 12.1 Å². The molecule has 0 aliphatic rings. The molecule has 0 atom stereocenters. The van der Waals surface area contributed by atoms with Crippen molar-refractivity contribution in [3.05, 3.63) is 24.0 Å². The van der Waals surface area contributed by atoms with Crippen molar-refractivity contribution in [2.24, 2.45) is 0 Å². The van der Waals surface area contributed by atoms with Gasteiger partial charge in [-0.2, -0.15) is 0 Å². The first kappa shape index (κ1) is 12.4. The fourth-order valence-corrected chi connectivity index (χ4v) is 1.12. The number of anilines is 1. The molecule has 0 unspecified atom stereocenters. The van der Waals surface area contributed by atoms with Crippen molar-refractivity contribution >= 4 is 11.8 Å². The molecule has 0 aliphatic carbocycles. The van der Waals surface area contributed by atoms with Gasteiger partial charge < -0.3 is 15.2 Å². The van der Waals surface area contributed by atoms with Gasteiger partial charge in [-0.1, -0.05) is 0 Å². The normalized spacial score (nSPS) is 10.1. The van der Waals surface area contributed by atoms with Crippen LogP contribution in [0.5, 0.6) is 0 Å². The molecule has 88 valence electrons. The van der Waals surface area contributed by atoms with Gasteiger partial charge in [0, 0.05) is 20.2 Å². The summed E-state index contributed by atoms with van der Waals surface area (Å²) < 4.78 is 4.88. The summed E-state index contributed by atoms with van der Waals surface area (Å²) in [6, 6.07) is 3.44. The van der Waals surface area contributed by atoms with E-state index >= 15 is 0 Å². The maximum atomic E-state index is 10.3. The second kappa shape index (κ2) is 6.76. The Morgan fingerprint density at radius 1 is 1.56 bits per heavy atom. The average Bonchev–Trinajstić information content (AvgIpc) is 2.26. The highest BCUT2D eigenvalue weighted by molar-refractivity contribution is 5.82. The van der Waals surface area contributed by atoms with Crippen LogP contribution in [0.25, 0.3) is 0 Å². The number of carboxylic acid groups (broad SMARTS) is 1. The second-order valence-electron chi connectivity index (χ2n) is 3.14. The van der Waals surface area contributed by atoms with Crippen LogP contribution in [-0.2, 0) is 11.3 Å². The van der Waals surface area contributed by atoms with Crippen LogP contribution in [0.1, 0.15) is 5.69 Å². The van der Waals surface area contributed by atoms with E-state index < -0.39 is 6.09 Å². The zero-order chi connectivity index (χ0) is 11.8. The minimum Gasteiger partial charge on any atom is -0.465 e. The maximum absolute atomic E-state index is 10.3. The summed E-state index contributed by atoms with van der Waals surface area (Å²) in [5, 5.41) is 13.8. The molecule has 1 heterocycles. The fraction of sp³-hybridized carbons (Fsp3) is 0.400. The van der Waals surface area contributed by atoms with E-state index in [0.717, 1.165) is 12.2 Å². The van der Waals surface area contributed by atoms with Crippen LogP contribution in [0, 0.1) is 0 Å². The largest absolute Gasteiger partial charge is 0.465 e. The van der Waals surface area contributed by atoms with Crippen molar-refractivity contribution in [2.45, 2.75) is 6.54 Å². The van der Waals surface area contributed by atoms with Crippen molar-refractivity contribution in [3.8, 4) is 0 Å². The average molecular weight is 225 g/mol. The SMILES string of the molecule is COCCNCc1ccc(NC(=O)O)cn1. The number of pyridine rings is 1. The van der Waals surface area contributed by atoms with Gasteiger partial charge >= 0.3 is 6.09 Å². The standard InChI is InChI=1S/C10H15N3O3/c1-16-5-4-11-6-8-2-3-9(7-12-8)13-10(14)15/h2-3,7,11,13H,4-6H2,1H3,(H,14,15). The molecule has 1 amide bonds. The molecule has 0 radical (unpaired) electrons. The van der Waals surface area contributed by atoms with E-state index in [4.69, 9.17) is 9.84 Å². The van der Waals surface area contributed by atoms with E-state index in [-0.39, 0.29) is 0 Å². The predicted octanol–water partition coefficient (Wildman–Crippen LogP) is 0.907. The summed E-state index contributed by atoms with van der Waals surface area (Å²) >= 11 is 0. The first-order valence-electron chi connectivity index (χ1n) is 4.87. The molecule has 16 heavy (non-hydrogen) atoms. The van der Waals surface area contributed by atoms with Gasteiger partial charge in [-0.15, -0.1) is 0 Å². The minimum atomic E-state index is -1.09. The molecule has 0 spiro atoms. The smallest absolute Gasteiger partial charge is 0.409 e. The maximum Gasteiger partial charge on any atom is 0.409 e. The third kappa shape index (κ3) is 4.72. The lowest BCUT2D eigenvalue weighted by Gasteiger charge is -2.04. The molecule has 6 heteroatoms. The molecular formula is C10H15N3O3. The Morgan fingerprint density at radius 2 is 2.38 bits per heavy atom. The number of rotatable bonds is 6. The van der Waals surface area contributed by atoms with Crippen LogP contribution < -0.4 is 10.6 Å². The van der Waals surface area contributed by atoms with Crippen molar-refractivity contribution in [1.29, 1.82) is 0 Å². The Morgan fingerprint density at radius 3 is 2.94 bits per heavy atom. The molecule has 1 rings (SSSR count). The van der Waals surface area contributed by atoms with Gasteiger partial charge in [0.1, 0.15) is 0 Å². The van der Waals surface area contributed by atoms with Crippen molar-refractivity contribution in [2.75, 3.05) is 25.6 Å². The lowest BCUT2D eigenvalue weighted by atomic mass is 10.3. The van der Waals surface area contributed by atoms with E-state index in [1.807, 2.05) is 0 Å². The number of methoxy groups -OCH3 is 1. The summed E-state index contributed by atoms with van der Waals surface area (Å²) in [6.45, 7) is 2.04. The second-order valence-corrected chi connectivity index (χ2v) is 3.14. The highest BCUT2D eigenvalue weighted by Gasteiger charge is 1.98. The molecule has 0 saturated heterocycles. The Kier molecular flexibility index (Phi) is 5.24. The van der Waals surface area contributed by atoms with Crippen molar-refractivity contribution in [1.82, 2.24) is 10.3 Å². The van der Waals surface area contributed by atoms with Crippen LogP contribution in [-0.4, -0.2) is 36.4 Å². The van der Waals surface area contributed by atoms with E-state index in [1.54, 1.807) is 19.2 Å². The number of ether oxygens (including phenoxy) is 1. The fourth-order valence-electron chi connectivity index (χ4n) is 1.12. The zero-order valence-electron chi connectivity index (χ0n) is 9.06. The van der Waals surface area contributed by atoms with E-state index in [1.165, 1.54) is 6.20 Å². The van der Waals surface area contributed by atoms with Crippen LogP contribution in [0.15, 0.2) is 18.3 Å². The zero-order valence-corrected chi connectivity index (χ0v) is 9.06. The molecule has 0 saturated carbocycles. The van der Waals surface area contributed by atoms with Gasteiger partial charge in [0.05, 0.1) is 24.2 Å². The predicted molar refractivity (Wildman–Crippen MR) is 59.5 cm³/mol. The molecule has 0 fully saturated rings. The van der Waals surface area contributed by atoms with Gasteiger partial charge in [-0.3, -0.25) is 10.3 Å². The Labute approximate surface area is 93.6 Å². The number of amides is 1. The topological polar surface area (TPSA) is 83.5 Å². The molecule has 6 nitrogen and oxygen atoms in total. The van der Waals surface area contributed by atoms with Crippen molar-refractivity contribution < 1.29 is 14.6 Å². The number of aromatic nitrogens is 1. The van der Waals surface area contributed by atoms with Crippen LogP contribution >= 0.6 is 0 Å². The number of nitrogens with one attached hydrogen (secondary N) is 2. The van der Waals surface area contributed by atoms with Crippen LogP contribution in [0.4, 0.5) is 10.5 Å². The monoisotopic (exact) mass is 225 g/mol. The van der Waals surface area contributed by atoms with Gasteiger partial charge in [-0.25, -0.2) is 4.79 Å². The lowest BCUT2D eigenvalue weighted by molar-refractivity contribution is 0.199. The molecule has 0 aliphatic heterocycles. The lowest BCUT2D eigenvalue weighted by Crippen LogP contribution is -2.19. The van der Waals surface area contributed by atoms with E-state index in [2.05, 4.69) is 15.6 Å². The van der Waals surface area contributed by atoms with Gasteiger partial charge in [0.15, 0.2) is 0 Å². The summed E-state index contributed by atoms with van der Waals surface area (Å²) in [7, 11) is 1.65. The highest BCUT2D eigenvalue weighted by Crippen LogP contribution is 2.05. The Hall–Kier alpha value is -1.66. The van der Waals surface area contributed by atoms with Crippen LogP contribution in [0.3, 0.4) is 0 Å². The summed E-state index contributed by atoms with van der Waals surface area (Å²) in [6.07, 6.45) is 0.398. The molecule has 1 aromatic heterocycles. The van der Waals surface area contributed by atoms with Gasteiger partial charge in [0.25, 0.3) is 0 Å². The number of nitrogens with zero attached hydrogens (tertiary/aromatic N) is 1. The first-order valence-corrected chi connectivity index (χ1v) is 4.87. The highest BCUT2D eigenvalue weighted by atomic mass is 16.5. The van der Waals surface area contributed by atoms with Crippen molar-refractivity contribution in [3.63, 3.8) is 0 Å². The Bertz CT molecular complexity index is 327. The molecule has 1 aromatic rings. The first-order chi connectivity index (χ1) is 7.72. The quantitative estimate of drug-likeness (QED) is 0.627. The number of carbonyl (C=O) groups is 1. The van der Waals surface area contributed by atoms with Gasteiger partial charge in [0.2, 0.25) is 0 Å². The summed E-state index contributed by atoms with van der Waals surface area (Å²) in [4.78, 5) is 14.4. The van der Waals surface area contributed by atoms with E-state index in [9.17, 15) is 4.79 Å². The van der Waals surface area contributed by atoms with E-state index in [0.29, 0.717) is 18.8 Å². The number of hydrogen-bond acceptors (Lipinski definition) is 4. The molecule has 0 aromatic carbocycles. The molecule has 3 N–H and O–H groups in total. The third-order valence-electron chi connectivity index (χ3n) is 1.87. The molecule has 0 bridgehead atoms. The third-order valence-corrected chi connectivity index (χ3v) is 1.87.